The first-order chi connectivity index (χ1) is 13.7. The average molecular weight is 427 g/mol. The smallest absolute Gasteiger partial charge is 0.319 e. The fraction of sp³-hybridized carbons (Fsp3) is 0.650. The van der Waals surface area contributed by atoms with E-state index in [2.05, 4.69) is 10.6 Å². The molecular weight excluding hydrogens is 395 g/mol. The largest absolute Gasteiger partial charge is 0.369 e. The quantitative estimate of drug-likeness (QED) is 0.758. The molecule has 1 saturated heterocycles. The van der Waals surface area contributed by atoms with Gasteiger partial charge in [0.25, 0.3) is 0 Å². The minimum atomic E-state index is -3.19. The summed E-state index contributed by atoms with van der Waals surface area (Å²) in [5, 5.41) is 5.52. The summed E-state index contributed by atoms with van der Waals surface area (Å²) in [5.74, 6) is -0.350. The van der Waals surface area contributed by atoms with Crippen LogP contribution < -0.4 is 15.5 Å². The number of hydrogen-bond acceptors (Lipinski definition) is 4. The molecule has 1 aromatic rings. The van der Waals surface area contributed by atoms with Gasteiger partial charge >= 0.3 is 6.03 Å². The lowest BCUT2D eigenvalue weighted by atomic mass is 9.94. The minimum Gasteiger partial charge on any atom is -0.369 e. The van der Waals surface area contributed by atoms with Gasteiger partial charge in [0.15, 0.2) is 0 Å². The number of rotatable bonds is 5. The van der Waals surface area contributed by atoms with Gasteiger partial charge in [-0.05, 0) is 43.9 Å². The molecule has 0 unspecified atom stereocenters. The molecule has 0 spiro atoms. The highest BCUT2D eigenvalue weighted by molar-refractivity contribution is 7.88. The Bertz CT molecular complexity index is 819. The Morgan fingerprint density at radius 3 is 2.38 bits per heavy atom. The van der Waals surface area contributed by atoms with E-state index in [1.807, 2.05) is 11.9 Å². The molecule has 1 heterocycles. The fourth-order valence-corrected chi connectivity index (χ4v) is 5.09. The van der Waals surface area contributed by atoms with Crippen LogP contribution in [0.1, 0.15) is 44.9 Å². The van der Waals surface area contributed by atoms with Crippen molar-refractivity contribution in [3.63, 3.8) is 0 Å². The Kier molecular flexibility index (Phi) is 7.00. The second kappa shape index (κ2) is 9.30. The van der Waals surface area contributed by atoms with E-state index in [-0.39, 0.29) is 11.9 Å². The fourth-order valence-electron chi connectivity index (χ4n) is 4.22. The number of anilines is 2. The van der Waals surface area contributed by atoms with Crippen molar-refractivity contribution >= 4 is 27.4 Å². The van der Waals surface area contributed by atoms with E-state index in [0.29, 0.717) is 43.3 Å². The molecule has 2 N–H and O–H groups in total. The molecule has 162 valence electrons. The summed E-state index contributed by atoms with van der Waals surface area (Å²) in [6.45, 7) is 0.779. The second-order valence-electron chi connectivity index (χ2n) is 8.10. The summed E-state index contributed by atoms with van der Waals surface area (Å²) >= 11 is 0. The van der Waals surface area contributed by atoms with Gasteiger partial charge in [0.2, 0.25) is 10.0 Å². The molecule has 9 heteroatoms. The van der Waals surface area contributed by atoms with Gasteiger partial charge in [-0.25, -0.2) is 21.9 Å². The van der Waals surface area contributed by atoms with Gasteiger partial charge in [0.05, 0.1) is 11.9 Å². The van der Waals surface area contributed by atoms with Gasteiger partial charge in [-0.1, -0.05) is 19.3 Å². The highest BCUT2D eigenvalue weighted by Gasteiger charge is 2.26. The number of hydrogen-bond donors (Lipinski definition) is 2. The van der Waals surface area contributed by atoms with Gasteiger partial charge in [0, 0.05) is 37.9 Å². The molecule has 1 aliphatic carbocycles. The SMILES string of the molecule is CN(c1ccc(NC(=O)NC2CCN(S(C)(=O)=O)CC2)cc1F)C1CCCCC1. The highest BCUT2D eigenvalue weighted by Crippen LogP contribution is 2.29. The number of urea groups is 1. The summed E-state index contributed by atoms with van der Waals surface area (Å²) in [7, 11) is -1.26. The molecule has 1 aliphatic heterocycles. The Hall–Kier alpha value is -1.87. The lowest BCUT2D eigenvalue weighted by Gasteiger charge is -2.33. The summed E-state index contributed by atoms with van der Waals surface area (Å²) in [4.78, 5) is 14.3. The topological polar surface area (TPSA) is 81.8 Å². The summed E-state index contributed by atoms with van der Waals surface area (Å²) in [6.07, 6.45) is 8.07. The molecule has 2 amide bonds. The van der Waals surface area contributed by atoms with Crippen molar-refractivity contribution in [2.24, 2.45) is 0 Å². The Labute approximate surface area is 172 Å². The molecule has 0 radical (unpaired) electrons. The maximum atomic E-state index is 14.6. The number of piperidine rings is 1. The third kappa shape index (κ3) is 5.82. The third-order valence-electron chi connectivity index (χ3n) is 5.97. The van der Waals surface area contributed by atoms with Gasteiger partial charge in [-0.2, -0.15) is 0 Å². The molecule has 0 bridgehead atoms. The normalized spacial score (nSPS) is 19.7. The van der Waals surface area contributed by atoms with Gasteiger partial charge < -0.3 is 15.5 Å². The van der Waals surface area contributed by atoms with Crippen molar-refractivity contribution in [1.82, 2.24) is 9.62 Å². The van der Waals surface area contributed by atoms with E-state index >= 15 is 0 Å². The first kappa shape index (κ1) is 21.8. The molecule has 2 aliphatic rings. The van der Waals surface area contributed by atoms with Crippen molar-refractivity contribution in [3.05, 3.63) is 24.0 Å². The van der Waals surface area contributed by atoms with Crippen LogP contribution in [0.5, 0.6) is 0 Å². The van der Waals surface area contributed by atoms with Crippen LogP contribution in [0.4, 0.5) is 20.6 Å². The maximum absolute atomic E-state index is 14.6. The molecule has 1 aromatic carbocycles. The van der Waals surface area contributed by atoms with Crippen molar-refractivity contribution in [1.29, 1.82) is 0 Å². The van der Waals surface area contributed by atoms with E-state index in [0.717, 1.165) is 12.8 Å². The van der Waals surface area contributed by atoms with E-state index in [1.165, 1.54) is 35.9 Å². The van der Waals surface area contributed by atoms with Crippen LogP contribution in [0, 0.1) is 5.82 Å². The lowest BCUT2D eigenvalue weighted by molar-refractivity contribution is 0.238. The van der Waals surface area contributed by atoms with E-state index < -0.39 is 16.1 Å². The van der Waals surface area contributed by atoms with Crippen molar-refractivity contribution in [3.8, 4) is 0 Å². The zero-order valence-electron chi connectivity index (χ0n) is 17.2. The molecule has 29 heavy (non-hydrogen) atoms. The zero-order chi connectivity index (χ0) is 21.0. The Morgan fingerprint density at radius 1 is 1.14 bits per heavy atom. The maximum Gasteiger partial charge on any atom is 0.319 e. The molecule has 0 aromatic heterocycles. The van der Waals surface area contributed by atoms with Crippen LogP contribution in [0.25, 0.3) is 0 Å². The first-order valence-corrected chi connectivity index (χ1v) is 12.1. The summed E-state index contributed by atoms with van der Waals surface area (Å²) < 4.78 is 39.2. The predicted molar refractivity (Wildman–Crippen MR) is 113 cm³/mol. The second-order valence-corrected chi connectivity index (χ2v) is 10.1. The van der Waals surface area contributed by atoms with Crippen LogP contribution in [-0.4, -0.2) is 57.2 Å². The van der Waals surface area contributed by atoms with Crippen LogP contribution in [0.2, 0.25) is 0 Å². The molecule has 0 atom stereocenters. The van der Waals surface area contributed by atoms with Gasteiger partial charge in [-0.15, -0.1) is 0 Å². The van der Waals surface area contributed by atoms with Crippen LogP contribution in [0.3, 0.4) is 0 Å². The first-order valence-electron chi connectivity index (χ1n) is 10.3. The zero-order valence-corrected chi connectivity index (χ0v) is 18.0. The number of carbonyl (C=O) groups excluding carboxylic acids is 1. The molecule has 3 rings (SSSR count). The van der Waals surface area contributed by atoms with Crippen molar-refractivity contribution in [2.45, 2.75) is 57.0 Å². The van der Waals surface area contributed by atoms with Gasteiger partial charge in [-0.3, -0.25) is 0 Å². The third-order valence-corrected chi connectivity index (χ3v) is 7.27. The Balaban J connectivity index is 1.52. The number of carbonyl (C=O) groups is 1. The van der Waals surface area contributed by atoms with Gasteiger partial charge in [0.1, 0.15) is 5.82 Å². The lowest BCUT2D eigenvalue weighted by Crippen LogP contribution is -2.47. The highest BCUT2D eigenvalue weighted by atomic mass is 32.2. The van der Waals surface area contributed by atoms with E-state index in [9.17, 15) is 17.6 Å². The van der Waals surface area contributed by atoms with E-state index in [4.69, 9.17) is 0 Å². The number of nitrogens with zero attached hydrogens (tertiary/aromatic N) is 2. The average Bonchev–Trinajstić information content (AvgIpc) is 2.68. The van der Waals surface area contributed by atoms with Crippen molar-refractivity contribution < 1.29 is 17.6 Å². The van der Waals surface area contributed by atoms with Crippen LogP contribution in [-0.2, 0) is 10.0 Å². The van der Waals surface area contributed by atoms with Crippen molar-refractivity contribution in [2.75, 3.05) is 36.6 Å². The van der Waals surface area contributed by atoms with Crippen LogP contribution in [0.15, 0.2) is 18.2 Å². The molecule has 1 saturated carbocycles. The minimum absolute atomic E-state index is 0.102. The summed E-state index contributed by atoms with van der Waals surface area (Å²) in [5.41, 5.74) is 0.949. The number of amides is 2. The standard InChI is InChI=1S/C20H31FN4O3S/c1-24(17-6-4-3-5-7-17)19-9-8-16(14-18(19)21)23-20(26)22-15-10-12-25(13-11-15)29(2,27)28/h8-9,14-15,17H,3-7,10-13H2,1-2H3,(H2,22,23,26). The molecular formula is C20H31FN4O3S. The monoisotopic (exact) mass is 426 g/mol. The number of halogens is 1. The molecule has 7 nitrogen and oxygen atoms in total. The predicted octanol–water partition coefficient (Wildman–Crippen LogP) is 3.14. The number of nitrogens with one attached hydrogen (secondary N) is 2. The van der Waals surface area contributed by atoms with E-state index in [1.54, 1.807) is 12.1 Å². The summed E-state index contributed by atoms with van der Waals surface area (Å²) in [6, 6.07) is 4.62. The molecule has 2 fully saturated rings. The number of benzene rings is 1. The number of sulfonamides is 1. The Morgan fingerprint density at radius 2 is 1.79 bits per heavy atom. The van der Waals surface area contributed by atoms with Crippen LogP contribution >= 0.6 is 0 Å².